The number of benzene rings is 1. The third-order valence-corrected chi connectivity index (χ3v) is 3.92. The van der Waals surface area contributed by atoms with Crippen LogP contribution >= 0.6 is 0 Å². The van der Waals surface area contributed by atoms with Crippen molar-refractivity contribution >= 4 is 0 Å². The van der Waals surface area contributed by atoms with Crippen molar-refractivity contribution in [3.8, 4) is 0 Å². The van der Waals surface area contributed by atoms with Gasteiger partial charge >= 0.3 is 0 Å². The lowest BCUT2D eigenvalue weighted by Crippen LogP contribution is -2.20. The standard InChI is InChI=1S/C15H24FN3/c1-18(2)10-13-5-4-12(7-14(13)16)15-6-11(8-17)9-19(15)3/h4-5,7,11,15H,6,8-10,17H2,1-3H3. The third-order valence-electron chi connectivity index (χ3n) is 3.92. The molecule has 0 bridgehead atoms. The Hall–Kier alpha value is -0.970. The van der Waals surface area contributed by atoms with Gasteiger partial charge in [-0.15, -0.1) is 0 Å². The first-order valence-corrected chi connectivity index (χ1v) is 6.84. The molecule has 1 aliphatic rings. The van der Waals surface area contributed by atoms with Crippen LogP contribution < -0.4 is 5.73 Å². The molecule has 4 heteroatoms. The fourth-order valence-corrected chi connectivity index (χ4v) is 2.91. The Morgan fingerprint density at radius 1 is 1.42 bits per heavy atom. The lowest BCUT2D eigenvalue weighted by molar-refractivity contribution is 0.312. The lowest BCUT2D eigenvalue weighted by Gasteiger charge is -2.20. The van der Waals surface area contributed by atoms with Crippen LogP contribution in [-0.4, -0.2) is 44.0 Å². The highest BCUT2D eigenvalue weighted by atomic mass is 19.1. The molecule has 2 N–H and O–H groups in total. The van der Waals surface area contributed by atoms with E-state index in [9.17, 15) is 4.39 Å². The molecule has 1 aliphatic heterocycles. The van der Waals surface area contributed by atoms with E-state index in [4.69, 9.17) is 5.73 Å². The van der Waals surface area contributed by atoms with E-state index in [2.05, 4.69) is 18.0 Å². The molecule has 2 rings (SSSR count). The van der Waals surface area contributed by atoms with Gasteiger partial charge in [0.2, 0.25) is 0 Å². The van der Waals surface area contributed by atoms with Gasteiger partial charge in [0.05, 0.1) is 0 Å². The average molecular weight is 265 g/mol. The number of hydrogen-bond donors (Lipinski definition) is 1. The fourth-order valence-electron chi connectivity index (χ4n) is 2.91. The summed E-state index contributed by atoms with van der Waals surface area (Å²) in [7, 11) is 5.99. The van der Waals surface area contributed by atoms with E-state index in [1.165, 1.54) is 0 Å². The maximum Gasteiger partial charge on any atom is 0.128 e. The molecule has 1 heterocycles. The van der Waals surface area contributed by atoms with Crippen LogP contribution in [0, 0.1) is 11.7 Å². The van der Waals surface area contributed by atoms with E-state index in [1.807, 2.05) is 25.1 Å². The molecule has 0 spiro atoms. The summed E-state index contributed by atoms with van der Waals surface area (Å²) in [5.74, 6) is 0.426. The Balaban J connectivity index is 2.16. The number of rotatable bonds is 4. The molecule has 0 aromatic heterocycles. The highest BCUT2D eigenvalue weighted by Crippen LogP contribution is 2.34. The zero-order valence-corrected chi connectivity index (χ0v) is 12.1. The first-order chi connectivity index (χ1) is 9.01. The molecule has 19 heavy (non-hydrogen) atoms. The molecule has 0 amide bonds. The first kappa shape index (κ1) is 14.4. The van der Waals surface area contributed by atoms with Gasteiger partial charge in [-0.1, -0.05) is 12.1 Å². The van der Waals surface area contributed by atoms with E-state index in [-0.39, 0.29) is 5.82 Å². The molecular formula is C15H24FN3. The summed E-state index contributed by atoms with van der Waals surface area (Å²) in [6.45, 7) is 2.35. The molecular weight excluding hydrogens is 241 g/mol. The summed E-state index contributed by atoms with van der Waals surface area (Å²) in [6.07, 6.45) is 1.03. The maximum atomic E-state index is 14.1. The van der Waals surface area contributed by atoms with Gasteiger partial charge in [0.25, 0.3) is 0 Å². The van der Waals surface area contributed by atoms with E-state index in [0.717, 1.165) is 24.1 Å². The predicted molar refractivity (Wildman–Crippen MR) is 76.3 cm³/mol. The molecule has 1 aromatic carbocycles. The average Bonchev–Trinajstić information content (AvgIpc) is 2.73. The van der Waals surface area contributed by atoms with Crippen LogP contribution in [0.2, 0.25) is 0 Å². The smallest absolute Gasteiger partial charge is 0.128 e. The van der Waals surface area contributed by atoms with Gasteiger partial charge in [-0.2, -0.15) is 0 Å². The van der Waals surface area contributed by atoms with Gasteiger partial charge in [-0.05, 0) is 51.7 Å². The van der Waals surface area contributed by atoms with Crippen LogP contribution in [0.4, 0.5) is 4.39 Å². The lowest BCUT2D eigenvalue weighted by atomic mass is 9.98. The summed E-state index contributed by atoms with van der Waals surface area (Å²) in [5, 5.41) is 0. The molecule has 0 radical (unpaired) electrons. The minimum atomic E-state index is -0.101. The molecule has 2 unspecified atom stereocenters. The normalized spacial score (nSPS) is 24.3. The molecule has 3 nitrogen and oxygen atoms in total. The molecule has 1 saturated heterocycles. The zero-order valence-electron chi connectivity index (χ0n) is 12.1. The van der Waals surface area contributed by atoms with Crippen LogP contribution in [0.25, 0.3) is 0 Å². The van der Waals surface area contributed by atoms with Crippen LogP contribution in [0.15, 0.2) is 18.2 Å². The molecule has 2 atom stereocenters. The van der Waals surface area contributed by atoms with Gasteiger partial charge < -0.3 is 10.6 Å². The number of nitrogens with two attached hydrogens (primary N) is 1. The molecule has 1 aromatic rings. The largest absolute Gasteiger partial charge is 0.330 e. The van der Waals surface area contributed by atoms with Crippen molar-refractivity contribution in [3.63, 3.8) is 0 Å². The number of halogens is 1. The Morgan fingerprint density at radius 2 is 2.16 bits per heavy atom. The van der Waals surface area contributed by atoms with Crippen molar-refractivity contribution in [2.45, 2.75) is 19.0 Å². The SMILES string of the molecule is CN(C)Cc1ccc(C2CC(CN)CN2C)cc1F. The van der Waals surface area contributed by atoms with Crippen LogP contribution in [0.1, 0.15) is 23.6 Å². The quantitative estimate of drug-likeness (QED) is 0.901. The van der Waals surface area contributed by atoms with Crippen molar-refractivity contribution in [3.05, 3.63) is 35.1 Å². The number of likely N-dealkylation sites (tertiary alicyclic amines) is 1. The molecule has 1 fully saturated rings. The maximum absolute atomic E-state index is 14.1. The van der Waals surface area contributed by atoms with E-state index < -0.39 is 0 Å². The second-order valence-electron chi connectivity index (χ2n) is 5.88. The van der Waals surface area contributed by atoms with Gasteiger partial charge in [0, 0.05) is 24.7 Å². The van der Waals surface area contributed by atoms with Crippen LogP contribution in [0.3, 0.4) is 0 Å². The Kier molecular flexibility index (Phi) is 4.55. The van der Waals surface area contributed by atoms with Crippen molar-refractivity contribution in [1.29, 1.82) is 0 Å². The second kappa shape index (κ2) is 5.99. The van der Waals surface area contributed by atoms with Crippen LogP contribution in [0.5, 0.6) is 0 Å². The van der Waals surface area contributed by atoms with Gasteiger partial charge in [0.15, 0.2) is 0 Å². The van der Waals surface area contributed by atoms with Crippen molar-refractivity contribution < 1.29 is 4.39 Å². The highest BCUT2D eigenvalue weighted by molar-refractivity contribution is 5.27. The summed E-state index contributed by atoms with van der Waals surface area (Å²) < 4.78 is 14.1. The van der Waals surface area contributed by atoms with E-state index in [1.54, 1.807) is 6.07 Å². The Bertz CT molecular complexity index is 433. The monoisotopic (exact) mass is 265 g/mol. The number of nitrogens with zero attached hydrogens (tertiary/aromatic N) is 2. The van der Waals surface area contributed by atoms with Gasteiger partial charge in [0.1, 0.15) is 5.82 Å². The second-order valence-corrected chi connectivity index (χ2v) is 5.88. The van der Waals surface area contributed by atoms with E-state index in [0.29, 0.717) is 25.0 Å². The Labute approximate surface area is 115 Å². The summed E-state index contributed by atoms with van der Waals surface area (Å²) >= 11 is 0. The minimum Gasteiger partial charge on any atom is -0.330 e. The van der Waals surface area contributed by atoms with Crippen molar-refractivity contribution in [2.24, 2.45) is 11.7 Å². The highest BCUT2D eigenvalue weighted by Gasteiger charge is 2.29. The summed E-state index contributed by atoms with van der Waals surface area (Å²) in [5.41, 5.74) is 7.56. The van der Waals surface area contributed by atoms with Gasteiger partial charge in [-0.25, -0.2) is 4.39 Å². The van der Waals surface area contributed by atoms with Gasteiger partial charge in [-0.3, -0.25) is 4.90 Å². The zero-order chi connectivity index (χ0) is 14.0. The number of hydrogen-bond acceptors (Lipinski definition) is 3. The predicted octanol–water partition coefficient (Wildman–Crippen LogP) is 1.84. The van der Waals surface area contributed by atoms with E-state index >= 15 is 0 Å². The third kappa shape index (κ3) is 3.32. The first-order valence-electron chi connectivity index (χ1n) is 6.84. The molecule has 0 aliphatic carbocycles. The summed E-state index contributed by atoms with van der Waals surface area (Å²) in [6, 6.07) is 5.96. The van der Waals surface area contributed by atoms with Crippen molar-refractivity contribution in [1.82, 2.24) is 9.80 Å². The minimum absolute atomic E-state index is 0.101. The molecule has 106 valence electrons. The molecule has 0 saturated carbocycles. The summed E-state index contributed by atoms with van der Waals surface area (Å²) in [4.78, 5) is 4.25. The Morgan fingerprint density at radius 3 is 2.68 bits per heavy atom. The topological polar surface area (TPSA) is 32.5 Å². The van der Waals surface area contributed by atoms with Crippen LogP contribution in [-0.2, 0) is 6.54 Å². The fraction of sp³-hybridized carbons (Fsp3) is 0.600. The van der Waals surface area contributed by atoms with Crippen molar-refractivity contribution in [2.75, 3.05) is 34.2 Å².